The van der Waals surface area contributed by atoms with Crippen molar-refractivity contribution in [2.75, 3.05) is 5.75 Å². The Morgan fingerprint density at radius 1 is 1.17 bits per heavy atom. The van der Waals surface area contributed by atoms with E-state index < -0.39 is 36.1 Å². The third-order valence-corrected chi connectivity index (χ3v) is 4.30. The summed E-state index contributed by atoms with van der Waals surface area (Å²) in [5, 5.41) is 18.9. The molecule has 2 rings (SSSR count). The van der Waals surface area contributed by atoms with Crippen molar-refractivity contribution >= 4 is 40.6 Å². The number of aromatic amines is 1. The predicted octanol–water partition coefficient (Wildman–Crippen LogP) is 0.932. The van der Waals surface area contributed by atoms with Gasteiger partial charge in [0.1, 0.15) is 0 Å². The number of carbonyl (C=O) groups excluding carboxylic acids is 1. The fourth-order valence-electron chi connectivity index (χ4n) is 2.14. The Hall–Kier alpha value is -2.55. The normalized spacial score (nSPS) is 13.6. The number of aliphatic carboxylic acids is 2. The van der Waals surface area contributed by atoms with E-state index in [0.29, 0.717) is 5.16 Å². The number of imidazole rings is 1. The molecule has 8 nitrogen and oxygen atoms in total. The second-order valence-corrected chi connectivity index (χ2v) is 5.94. The summed E-state index contributed by atoms with van der Waals surface area (Å²) >= 11 is 1.09. The van der Waals surface area contributed by atoms with Crippen LogP contribution in [0.1, 0.15) is 6.42 Å². The van der Waals surface area contributed by atoms with Crippen molar-refractivity contribution in [2.24, 2.45) is 17.6 Å². The first-order valence-electron chi connectivity index (χ1n) is 6.70. The topological polar surface area (TPSA) is 146 Å². The lowest BCUT2D eigenvalue weighted by Crippen LogP contribution is -2.34. The van der Waals surface area contributed by atoms with Crippen molar-refractivity contribution < 1.29 is 24.6 Å². The van der Waals surface area contributed by atoms with Gasteiger partial charge >= 0.3 is 11.9 Å². The zero-order valence-electron chi connectivity index (χ0n) is 11.9. The smallest absolute Gasteiger partial charge is 0.308 e. The Kier molecular flexibility index (Phi) is 5.22. The fraction of sp³-hybridized carbons (Fsp3) is 0.286. The van der Waals surface area contributed by atoms with E-state index in [0.717, 1.165) is 22.8 Å². The minimum atomic E-state index is -1.37. The number of carboxylic acid groups (broad SMARTS) is 2. The summed E-state index contributed by atoms with van der Waals surface area (Å²) in [6, 6.07) is 7.29. The maximum Gasteiger partial charge on any atom is 0.308 e. The lowest BCUT2D eigenvalue weighted by atomic mass is 9.91. The van der Waals surface area contributed by atoms with Gasteiger partial charge in [-0.3, -0.25) is 14.4 Å². The van der Waals surface area contributed by atoms with E-state index in [1.807, 2.05) is 18.2 Å². The van der Waals surface area contributed by atoms with E-state index in [4.69, 9.17) is 10.8 Å². The molecule has 2 atom stereocenters. The van der Waals surface area contributed by atoms with Crippen molar-refractivity contribution in [3.8, 4) is 0 Å². The van der Waals surface area contributed by atoms with Gasteiger partial charge in [0.15, 0.2) is 5.16 Å². The molecule has 2 aromatic rings. The molecular formula is C14H15N3O5S. The molecule has 0 aliphatic heterocycles. The number of carbonyl (C=O) groups is 3. The molecule has 0 fully saturated rings. The maximum atomic E-state index is 11.4. The quantitative estimate of drug-likeness (QED) is 0.524. The Morgan fingerprint density at radius 3 is 2.39 bits per heavy atom. The van der Waals surface area contributed by atoms with E-state index >= 15 is 0 Å². The maximum absolute atomic E-state index is 11.4. The number of thioether (sulfide) groups is 1. The molecule has 0 bridgehead atoms. The molecule has 0 spiro atoms. The molecule has 0 saturated heterocycles. The summed E-state index contributed by atoms with van der Waals surface area (Å²) in [4.78, 5) is 40.9. The number of benzene rings is 1. The molecule has 1 aromatic carbocycles. The van der Waals surface area contributed by atoms with Gasteiger partial charge in [-0.2, -0.15) is 0 Å². The summed E-state index contributed by atoms with van der Waals surface area (Å²) in [7, 11) is 0. The van der Waals surface area contributed by atoms with Crippen molar-refractivity contribution in [3.63, 3.8) is 0 Å². The Labute approximate surface area is 135 Å². The first-order chi connectivity index (χ1) is 10.9. The van der Waals surface area contributed by atoms with E-state index in [2.05, 4.69) is 9.97 Å². The van der Waals surface area contributed by atoms with Crippen LogP contribution in [-0.2, 0) is 14.4 Å². The van der Waals surface area contributed by atoms with Gasteiger partial charge in [-0.05, 0) is 12.1 Å². The van der Waals surface area contributed by atoms with Gasteiger partial charge in [-0.25, -0.2) is 4.98 Å². The molecule has 0 radical (unpaired) electrons. The number of nitrogens with zero attached hydrogens (tertiary/aromatic N) is 1. The number of primary amides is 1. The molecule has 23 heavy (non-hydrogen) atoms. The number of para-hydroxylation sites is 2. The standard InChI is InChI=1S/C14H15N3O5S/c15-11(18)5-7(12(19)20)8(13(21)22)6-23-14-16-9-3-1-2-4-10(9)17-14/h1-4,7-8H,5-6H2,(H2,15,18)(H,16,17)(H,19,20)(H,21,22). The number of hydrogen-bond acceptors (Lipinski definition) is 5. The SMILES string of the molecule is NC(=O)CC(C(=O)O)C(CSc1nc2ccccc2[nH]1)C(=O)O. The number of carboxylic acids is 2. The summed E-state index contributed by atoms with van der Waals surface area (Å²) in [6.45, 7) is 0. The van der Waals surface area contributed by atoms with Crippen LogP contribution in [0.3, 0.4) is 0 Å². The minimum absolute atomic E-state index is 0.0423. The number of fused-ring (bicyclic) bond motifs is 1. The average Bonchev–Trinajstić information content (AvgIpc) is 2.88. The Balaban J connectivity index is 2.13. The number of H-pyrrole nitrogens is 1. The first-order valence-corrected chi connectivity index (χ1v) is 7.68. The largest absolute Gasteiger partial charge is 0.481 e. The Bertz CT molecular complexity index is 712. The van der Waals surface area contributed by atoms with Crippen molar-refractivity contribution in [1.29, 1.82) is 0 Å². The highest BCUT2D eigenvalue weighted by molar-refractivity contribution is 7.99. The number of nitrogens with one attached hydrogen (secondary N) is 1. The van der Waals surface area contributed by atoms with Crippen LogP contribution in [0.5, 0.6) is 0 Å². The highest BCUT2D eigenvalue weighted by Gasteiger charge is 2.35. The van der Waals surface area contributed by atoms with Gasteiger partial charge in [-0.1, -0.05) is 23.9 Å². The summed E-state index contributed by atoms with van der Waals surface area (Å²) in [6.07, 6.45) is -0.521. The molecule has 0 aliphatic rings. The molecule has 2 unspecified atom stereocenters. The van der Waals surface area contributed by atoms with Crippen molar-refractivity contribution in [1.82, 2.24) is 9.97 Å². The third-order valence-electron chi connectivity index (χ3n) is 3.31. The van der Waals surface area contributed by atoms with Crippen LogP contribution in [0.25, 0.3) is 11.0 Å². The van der Waals surface area contributed by atoms with Crippen molar-refractivity contribution in [2.45, 2.75) is 11.6 Å². The van der Waals surface area contributed by atoms with Gasteiger partial charge in [0.25, 0.3) is 0 Å². The second kappa shape index (κ2) is 7.14. The summed E-state index contributed by atoms with van der Waals surface area (Å²) in [5.41, 5.74) is 6.54. The van der Waals surface area contributed by atoms with E-state index in [1.165, 1.54) is 0 Å². The average molecular weight is 337 g/mol. The van der Waals surface area contributed by atoms with Crippen LogP contribution in [0.2, 0.25) is 0 Å². The van der Waals surface area contributed by atoms with Gasteiger partial charge in [-0.15, -0.1) is 0 Å². The van der Waals surface area contributed by atoms with Gasteiger partial charge in [0, 0.05) is 12.2 Å². The highest BCUT2D eigenvalue weighted by atomic mass is 32.2. The van der Waals surface area contributed by atoms with Crippen LogP contribution in [0.15, 0.2) is 29.4 Å². The summed E-state index contributed by atoms with van der Waals surface area (Å²) < 4.78 is 0. The van der Waals surface area contributed by atoms with Crippen LogP contribution in [0.4, 0.5) is 0 Å². The molecule has 1 aromatic heterocycles. The second-order valence-electron chi connectivity index (χ2n) is 4.93. The minimum Gasteiger partial charge on any atom is -0.481 e. The molecular weight excluding hydrogens is 322 g/mol. The molecule has 1 amide bonds. The molecule has 0 aliphatic carbocycles. The summed E-state index contributed by atoms with van der Waals surface area (Å²) in [5.74, 6) is -6.17. The van der Waals surface area contributed by atoms with Crippen LogP contribution >= 0.6 is 11.8 Å². The fourth-order valence-corrected chi connectivity index (χ4v) is 3.20. The number of hydrogen-bond donors (Lipinski definition) is 4. The highest BCUT2D eigenvalue weighted by Crippen LogP contribution is 2.26. The zero-order chi connectivity index (χ0) is 17.0. The van der Waals surface area contributed by atoms with Gasteiger partial charge in [0.05, 0.1) is 22.9 Å². The molecule has 9 heteroatoms. The van der Waals surface area contributed by atoms with Gasteiger partial charge < -0.3 is 20.9 Å². The molecule has 1 heterocycles. The van der Waals surface area contributed by atoms with Crippen molar-refractivity contribution in [3.05, 3.63) is 24.3 Å². The lowest BCUT2D eigenvalue weighted by molar-refractivity contribution is -0.153. The number of rotatable bonds is 8. The third kappa shape index (κ3) is 4.22. The first kappa shape index (κ1) is 16.8. The zero-order valence-corrected chi connectivity index (χ0v) is 12.7. The predicted molar refractivity (Wildman–Crippen MR) is 82.9 cm³/mol. The number of aromatic nitrogens is 2. The number of nitrogens with two attached hydrogens (primary N) is 1. The monoisotopic (exact) mass is 337 g/mol. The lowest BCUT2D eigenvalue weighted by Gasteiger charge is -2.18. The van der Waals surface area contributed by atoms with E-state index in [-0.39, 0.29) is 5.75 Å². The molecule has 5 N–H and O–H groups in total. The van der Waals surface area contributed by atoms with Crippen LogP contribution in [0, 0.1) is 11.8 Å². The van der Waals surface area contributed by atoms with Crippen LogP contribution in [-0.4, -0.2) is 43.8 Å². The molecule has 0 saturated carbocycles. The van der Waals surface area contributed by atoms with Gasteiger partial charge in [0.2, 0.25) is 5.91 Å². The Morgan fingerprint density at radius 2 is 1.83 bits per heavy atom. The van der Waals surface area contributed by atoms with E-state index in [1.54, 1.807) is 6.07 Å². The van der Waals surface area contributed by atoms with Crippen LogP contribution < -0.4 is 5.73 Å². The number of amides is 1. The van der Waals surface area contributed by atoms with E-state index in [9.17, 15) is 19.5 Å². The molecule has 122 valence electrons.